The molecule has 0 saturated carbocycles. The Morgan fingerprint density at radius 1 is 1.00 bits per heavy atom. The highest BCUT2D eigenvalue weighted by atomic mass is 19.1. The fourth-order valence-electron chi connectivity index (χ4n) is 2.17. The number of rotatable bonds is 4. The average molecular weight is 307 g/mol. The van der Waals surface area contributed by atoms with Gasteiger partial charge in [0.2, 0.25) is 0 Å². The van der Waals surface area contributed by atoms with E-state index in [4.69, 9.17) is 0 Å². The number of aromatic nitrogens is 3. The minimum atomic E-state index is -0.332. The number of halogens is 1. The summed E-state index contributed by atoms with van der Waals surface area (Å²) < 4.78 is 14.6. The van der Waals surface area contributed by atoms with Gasteiger partial charge in [0.1, 0.15) is 5.82 Å². The number of aldehydes is 1. The molecule has 1 heterocycles. The summed E-state index contributed by atoms with van der Waals surface area (Å²) in [7, 11) is 0. The highest BCUT2D eigenvalue weighted by Crippen LogP contribution is 2.16. The van der Waals surface area contributed by atoms with Crippen molar-refractivity contribution in [1.29, 1.82) is 0 Å². The molecule has 4 nitrogen and oxygen atoms in total. The zero-order valence-electron chi connectivity index (χ0n) is 12.5. The molecule has 0 aliphatic heterocycles. The lowest BCUT2D eigenvalue weighted by atomic mass is 10.1. The van der Waals surface area contributed by atoms with Crippen LogP contribution in [0.2, 0.25) is 0 Å². The molecule has 1 aromatic heterocycles. The van der Waals surface area contributed by atoms with Crippen LogP contribution in [0.1, 0.15) is 27.3 Å². The van der Waals surface area contributed by atoms with Gasteiger partial charge in [0, 0.05) is 0 Å². The van der Waals surface area contributed by atoms with Crippen molar-refractivity contribution in [3.05, 3.63) is 76.9 Å². The molecule has 0 bridgehead atoms. The predicted octanol–water partition coefficient (Wildman–Crippen LogP) is 3.70. The monoisotopic (exact) mass is 307 g/mol. The van der Waals surface area contributed by atoms with E-state index in [0.717, 1.165) is 5.56 Å². The van der Waals surface area contributed by atoms with Crippen molar-refractivity contribution in [2.45, 2.75) is 6.92 Å². The Morgan fingerprint density at radius 3 is 2.35 bits per heavy atom. The molecule has 5 heteroatoms. The Morgan fingerprint density at radius 2 is 1.70 bits per heavy atom. The van der Waals surface area contributed by atoms with Crippen molar-refractivity contribution in [3.8, 4) is 5.69 Å². The molecule has 0 atom stereocenters. The van der Waals surface area contributed by atoms with E-state index in [1.807, 2.05) is 37.3 Å². The first-order chi connectivity index (χ1) is 11.2. The van der Waals surface area contributed by atoms with E-state index < -0.39 is 0 Å². The molecule has 0 spiro atoms. The largest absolute Gasteiger partial charge is 0.296 e. The normalized spacial score (nSPS) is 11.0. The molecule has 0 amide bonds. The molecule has 3 aromatic rings. The standard InChI is InChI=1S/C18H14FN3O/c1-13-2-4-14(5-3-13)6-11-18-17(12-23)20-21-22(18)16-9-7-15(19)8-10-16/h2-12H,1H3/b11-6+. The van der Waals surface area contributed by atoms with Crippen molar-refractivity contribution in [2.24, 2.45) is 0 Å². The number of nitrogens with zero attached hydrogens (tertiary/aromatic N) is 3. The Hall–Kier alpha value is -3.08. The van der Waals surface area contributed by atoms with Gasteiger partial charge in [-0.25, -0.2) is 9.07 Å². The third kappa shape index (κ3) is 3.23. The molecule has 114 valence electrons. The summed E-state index contributed by atoms with van der Waals surface area (Å²) >= 11 is 0. The van der Waals surface area contributed by atoms with Gasteiger partial charge in [-0.15, -0.1) is 5.10 Å². The third-order valence-electron chi connectivity index (χ3n) is 3.43. The first-order valence-electron chi connectivity index (χ1n) is 7.09. The van der Waals surface area contributed by atoms with Gasteiger partial charge >= 0.3 is 0 Å². The minimum Gasteiger partial charge on any atom is -0.296 e. The van der Waals surface area contributed by atoms with Gasteiger partial charge in [0.15, 0.2) is 12.0 Å². The van der Waals surface area contributed by atoms with Gasteiger partial charge < -0.3 is 0 Å². The van der Waals surface area contributed by atoms with Crippen LogP contribution in [0.5, 0.6) is 0 Å². The fraction of sp³-hybridized carbons (Fsp3) is 0.0556. The average Bonchev–Trinajstić information content (AvgIpc) is 2.98. The van der Waals surface area contributed by atoms with Crippen LogP contribution in [-0.4, -0.2) is 21.3 Å². The highest BCUT2D eigenvalue weighted by molar-refractivity contribution is 5.81. The second-order valence-corrected chi connectivity index (χ2v) is 5.11. The van der Waals surface area contributed by atoms with E-state index in [9.17, 15) is 9.18 Å². The smallest absolute Gasteiger partial charge is 0.172 e. The van der Waals surface area contributed by atoms with Crippen molar-refractivity contribution in [3.63, 3.8) is 0 Å². The van der Waals surface area contributed by atoms with Gasteiger partial charge in [-0.1, -0.05) is 41.1 Å². The van der Waals surface area contributed by atoms with Gasteiger partial charge in [-0.3, -0.25) is 4.79 Å². The molecule has 3 rings (SSSR count). The summed E-state index contributed by atoms with van der Waals surface area (Å²) in [6, 6.07) is 13.8. The zero-order valence-corrected chi connectivity index (χ0v) is 12.5. The molecule has 0 saturated heterocycles. The van der Waals surface area contributed by atoms with Gasteiger partial charge in [-0.2, -0.15) is 0 Å². The van der Waals surface area contributed by atoms with E-state index in [1.165, 1.54) is 22.4 Å². The Bertz CT molecular complexity index is 849. The number of benzene rings is 2. The van der Waals surface area contributed by atoms with Crippen LogP contribution in [0.3, 0.4) is 0 Å². The minimum absolute atomic E-state index is 0.234. The van der Waals surface area contributed by atoms with Crippen LogP contribution in [0, 0.1) is 12.7 Å². The summed E-state index contributed by atoms with van der Waals surface area (Å²) in [6.07, 6.45) is 4.31. The first kappa shape index (κ1) is 14.8. The van der Waals surface area contributed by atoms with Gasteiger partial charge in [0.05, 0.1) is 11.4 Å². The maximum Gasteiger partial charge on any atom is 0.172 e. The highest BCUT2D eigenvalue weighted by Gasteiger charge is 2.11. The van der Waals surface area contributed by atoms with Crippen LogP contribution < -0.4 is 0 Å². The Labute approximate surface area is 132 Å². The maximum absolute atomic E-state index is 13.1. The van der Waals surface area contributed by atoms with E-state index in [-0.39, 0.29) is 11.5 Å². The topological polar surface area (TPSA) is 47.8 Å². The molecular formula is C18H14FN3O. The molecule has 0 fully saturated rings. The molecule has 0 radical (unpaired) electrons. The van der Waals surface area contributed by atoms with Gasteiger partial charge in [-0.05, 0) is 42.8 Å². The van der Waals surface area contributed by atoms with E-state index >= 15 is 0 Å². The maximum atomic E-state index is 13.1. The summed E-state index contributed by atoms with van der Waals surface area (Å²) in [5, 5.41) is 7.83. The van der Waals surface area contributed by atoms with Crippen LogP contribution in [0.15, 0.2) is 48.5 Å². The van der Waals surface area contributed by atoms with E-state index in [1.54, 1.807) is 18.2 Å². The molecule has 0 aliphatic carbocycles. The molecule has 0 unspecified atom stereocenters. The molecule has 2 aromatic carbocycles. The zero-order chi connectivity index (χ0) is 16.2. The van der Waals surface area contributed by atoms with E-state index in [0.29, 0.717) is 17.7 Å². The number of carbonyl (C=O) groups excluding carboxylic acids is 1. The SMILES string of the molecule is Cc1ccc(/C=C/c2c(C=O)nnn2-c2ccc(F)cc2)cc1. The molecule has 0 N–H and O–H groups in total. The second-order valence-electron chi connectivity index (χ2n) is 5.11. The van der Waals surface area contributed by atoms with Crippen LogP contribution in [-0.2, 0) is 0 Å². The lowest BCUT2D eigenvalue weighted by Gasteiger charge is -2.03. The Balaban J connectivity index is 2.00. The summed E-state index contributed by atoms with van der Waals surface area (Å²) in [4.78, 5) is 11.2. The van der Waals surface area contributed by atoms with Crippen molar-refractivity contribution >= 4 is 18.4 Å². The van der Waals surface area contributed by atoms with E-state index in [2.05, 4.69) is 10.3 Å². The second kappa shape index (κ2) is 6.36. The predicted molar refractivity (Wildman–Crippen MR) is 86.8 cm³/mol. The van der Waals surface area contributed by atoms with Crippen LogP contribution in [0.25, 0.3) is 17.8 Å². The van der Waals surface area contributed by atoms with Crippen molar-refractivity contribution < 1.29 is 9.18 Å². The molecule has 23 heavy (non-hydrogen) atoms. The summed E-state index contributed by atoms with van der Waals surface area (Å²) in [5.41, 5.74) is 3.59. The lowest BCUT2D eigenvalue weighted by Crippen LogP contribution is -1.99. The van der Waals surface area contributed by atoms with Crippen LogP contribution in [0.4, 0.5) is 4.39 Å². The number of hydrogen-bond acceptors (Lipinski definition) is 3. The quantitative estimate of drug-likeness (QED) is 0.691. The Kier molecular flexibility index (Phi) is 4.10. The summed E-state index contributed by atoms with van der Waals surface area (Å²) in [5.74, 6) is -0.332. The number of carbonyl (C=O) groups is 1. The molecular weight excluding hydrogens is 293 g/mol. The van der Waals surface area contributed by atoms with Crippen LogP contribution >= 0.6 is 0 Å². The first-order valence-corrected chi connectivity index (χ1v) is 7.09. The lowest BCUT2D eigenvalue weighted by molar-refractivity contribution is 0.111. The van der Waals surface area contributed by atoms with Crippen molar-refractivity contribution in [2.75, 3.05) is 0 Å². The summed E-state index contributed by atoms with van der Waals surface area (Å²) in [6.45, 7) is 2.02. The van der Waals surface area contributed by atoms with Gasteiger partial charge in [0.25, 0.3) is 0 Å². The number of aryl methyl sites for hydroxylation is 1. The molecule has 0 aliphatic rings. The van der Waals surface area contributed by atoms with Crippen molar-refractivity contribution in [1.82, 2.24) is 15.0 Å². The number of hydrogen-bond donors (Lipinski definition) is 0. The fourth-order valence-corrected chi connectivity index (χ4v) is 2.17. The third-order valence-corrected chi connectivity index (χ3v) is 3.43.